The van der Waals surface area contributed by atoms with Crippen molar-refractivity contribution in [3.63, 3.8) is 0 Å². The summed E-state index contributed by atoms with van der Waals surface area (Å²) in [6.45, 7) is 4.81. The Morgan fingerprint density at radius 2 is 1.95 bits per heavy atom. The summed E-state index contributed by atoms with van der Waals surface area (Å²) in [5, 5.41) is 0.0997. The highest BCUT2D eigenvalue weighted by Crippen LogP contribution is 2.26. The van der Waals surface area contributed by atoms with Crippen LogP contribution in [-0.4, -0.2) is 52.3 Å². The van der Waals surface area contributed by atoms with E-state index >= 15 is 0 Å². The lowest BCUT2D eigenvalue weighted by Gasteiger charge is -2.27. The highest BCUT2D eigenvalue weighted by atomic mass is 32.2. The molecule has 0 spiro atoms. The van der Waals surface area contributed by atoms with Gasteiger partial charge in [-0.15, -0.1) is 6.42 Å². The third kappa shape index (κ3) is 4.49. The number of carbonyl (C=O) groups excluding carboxylic acids is 1. The van der Waals surface area contributed by atoms with Gasteiger partial charge in [0.05, 0.1) is 0 Å². The van der Waals surface area contributed by atoms with E-state index in [4.69, 9.17) is 23.2 Å². The van der Waals surface area contributed by atoms with Crippen LogP contribution in [0.4, 0.5) is 0 Å². The van der Waals surface area contributed by atoms with Crippen molar-refractivity contribution >= 4 is 33.4 Å². The molecule has 8 heteroatoms. The Morgan fingerprint density at radius 3 is 2.15 bits per heavy atom. The first-order valence-corrected chi connectivity index (χ1v) is 7.43. The van der Waals surface area contributed by atoms with Crippen molar-refractivity contribution in [3.8, 4) is 24.2 Å². The van der Waals surface area contributed by atoms with Gasteiger partial charge in [0.15, 0.2) is 5.11 Å². The lowest BCUT2D eigenvalue weighted by atomic mass is 10.1. The van der Waals surface area contributed by atoms with Gasteiger partial charge >= 0.3 is 0 Å². The molecule has 0 aromatic heterocycles. The van der Waals surface area contributed by atoms with Gasteiger partial charge in [0.1, 0.15) is 11.4 Å². The molecule has 1 aliphatic heterocycles. The van der Waals surface area contributed by atoms with Gasteiger partial charge < -0.3 is 4.90 Å². The monoisotopic (exact) mass is 316 g/mol. The lowest BCUT2D eigenvalue weighted by Crippen LogP contribution is -2.46. The minimum atomic E-state index is -4.20. The first-order valence-electron chi connectivity index (χ1n) is 5.41. The Kier molecular flexibility index (Phi) is 6.17. The Morgan fingerprint density at radius 1 is 1.45 bits per heavy atom. The molecule has 110 valence electrons. The highest BCUT2D eigenvalue weighted by Gasteiger charge is 2.48. The van der Waals surface area contributed by atoms with E-state index in [1.807, 2.05) is 0 Å². The van der Waals surface area contributed by atoms with Crippen molar-refractivity contribution in [2.45, 2.75) is 26.3 Å². The molecule has 0 atom stereocenters. The number of hydrogen-bond donors (Lipinski definition) is 1. The zero-order valence-corrected chi connectivity index (χ0v) is 13.3. The molecule has 0 saturated carbocycles. The highest BCUT2D eigenvalue weighted by molar-refractivity contribution is 7.85. The van der Waals surface area contributed by atoms with Gasteiger partial charge in [0.2, 0.25) is 0 Å². The average Bonchev–Trinajstić information content (AvgIpc) is 2.45. The number of carbonyl (C=O) groups is 1. The van der Waals surface area contributed by atoms with Crippen LogP contribution in [0, 0.1) is 24.2 Å². The van der Waals surface area contributed by atoms with Crippen molar-refractivity contribution < 1.29 is 17.8 Å². The number of hydrogen-bond acceptors (Lipinski definition) is 4. The fraction of sp³-hybridized carbons (Fsp3) is 0.500. The van der Waals surface area contributed by atoms with Gasteiger partial charge in [0.25, 0.3) is 16.0 Å². The number of thiocarbonyl (C=S) groups is 1. The molecule has 1 N–H and O–H groups in total. The van der Waals surface area contributed by atoms with Crippen LogP contribution in [0.2, 0.25) is 0 Å². The molecule has 6 nitrogen and oxygen atoms in total. The molecule has 0 radical (unpaired) electrons. The number of likely N-dealkylation sites (N-methyl/N-ethyl adjacent to an activating group) is 1. The summed E-state index contributed by atoms with van der Waals surface area (Å²) < 4.78 is 30.3. The first-order chi connectivity index (χ1) is 8.99. The van der Waals surface area contributed by atoms with Crippen LogP contribution >= 0.6 is 12.2 Å². The van der Waals surface area contributed by atoms with Crippen LogP contribution in [0.3, 0.4) is 0 Å². The van der Waals surface area contributed by atoms with E-state index in [0.717, 1.165) is 0 Å². The molecule has 1 fully saturated rings. The maximum absolute atomic E-state index is 11.7. The van der Waals surface area contributed by atoms with Crippen LogP contribution in [-0.2, 0) is 14.9 Å². The molecule has 0 aromatic rings. The molecule has 0 unspecified atom stereocenters. The van der Waals surface area contributed by atoms with Gasteiger partial charge in [-0.05, 0) is 44.8 Å². The van der Waals surface area contributed by atoms with Crippen molar-refractivity contribution in [2.75, 3.05) is 12.9 Å². The van der Waals surface area contributed by atoms with Gasteiger partial charge in [0, 0.05) is 7.05 Å². The number of nitrogens with zero attached hydrogens (tertiary/aromatic N) is 2. The minimum Gasteiger partial charge on any atom is -0.318 e. The van der Waals surface area contributed by atoms with Crippen molar-refractivity contribution in [1.29, 1.82) is 0 Å². The summed E-state index contributed by atoms with van der Waals surface area (Å²) in [5.74, 6) is 6.11. The molecule has 0 bridgehead atoms. The lowest BCUT2D eigenvalue weighted by molar-refractivity contribution is -0.130. The Bertz CT molecular complexity index is 606. The number of terminal acetylenes is 1. The van der Waals surface area contributed by atoms with Gasteiger partial charge in [-0.25, -0.2) is 0 Å². The first kappa shape index (κ1) is 18.4. The number of amides is 1. The Balaban J connectivity index is 0.000000621. The fourth-order valence-electron chi connectivity index (χ4n) is 1.48. The van der Waals surface area contributed by atoms with Crippen LogP contribution in [0.15, 0.2) is 0 Å². The molecule has 1 saturated heterocycles. The predicted octanol–water partition coefficient (Wildman–Crippen LogP) is 0.312. The van der Waals surface area contributed by atoms with Crippen LogP contribution in [0.1, 0.15) is 20.8 Å². The van der Waals surface area contributed by atoms with E-state index in [0.29, 0.717) is 0 Å². The van der Waals surface area contributed by atoms with E-state index in [1.54, 1.807) is 20.8 Å². The van der Waals surface area contributed by atoms with E-state index in [2.05, 4.69) is 17.8 Å². The Labute approximate surface area is 124 Å². The van der Waals surface area contributed by atoms with E-state index in [-0.39, 0.29) is 11.0 Å². The van der Waals surface area contributed by atoms with Gasteiger partial charge in [-0.3, -0.25) is 14.2 Å². The smallest absolute Gasteiger partial charge is 0.283 e. The molecule has 1 heterocycles. The molecule has 1 rings (SSSR count). The van der Waals surface area contributed by atoms with Crippen molar-refractivity contribution in [2.24, 2.45) is 0 Å². The van der Waals surface area contributed by atoms with Gasteiger partial charge in [-0.2, -0.15) is 8.42 Å². The maximum atomic E-state index is 11.7. The zero-order valence-electron chi connectivity index (χ0n) is 11.7. The van der Waals surface area contributed by atoms with E-state index in [1.165, 1.54) is 16.8 Å². The van der Waals surface area contributed by atoms with Crippen LogP contribution in [0.25, 0.3) is 0 Å². The molecular formula is C12H16N2O4S2. The summed E-state index contributed by atoms with van der Waals surface area (Å²) in [6.07, 6.45) is 4.72. The second kappa shape index (κ2) is 6.71. The van der Waals surface area contributed by atoms with Crippen molar-refractivity contribution in [3.05, 3.63) is 0 Å². The summed E-state index contributed by atoms with van der Waals surface area (Å²) in [7, 11) is -2.73. The van der Waals surface area contributed by atoms with E-state index < -0.39 is 21.5 Å². The summed E-state index contributed by atoms with van der Waals surface area (Å²) in [5.41, 5.74) is -1.04. The van der Waals surface area contributed by atoms with Crippen LogP contribution < -0.4 is 0 Å². The molecule has 1 aliphatic rings. The topological polar surface area (TPSA) is 77.9 Å². The molecule has 0 aromatic carbocycles. The standard InChI is InChI=1S/C7H12N2O4S2.C5H4/c1-7(2)5(10)8(3)6(14)9(7)4-15(11,12)13;1-3-5-4-2/h4H2,1-3H3,(H,11,12,13);1H,2H3. The zero-order chi connectivity index (χ0) is 16.1. The molecule has 1 amide bonds. The second-order valence-electron chi connectivity index (χ2n) is 4.36. The summed E-state index contributed by atoms with van der Waals surface area (Å²) in [6, 6.07) is 0. The SMILES string of the molecule is C#CC#CC.CN1C(=O)C(C)(C)N(CS(=O)(=O)O)C1=S. The molecule has 0 aliphatic carbocycles. The van der Waals surface area contributed by atoms with Crippen molar-refractivity contribution in [1.82, 2.24) is 9.80 Å². The second-order valence-corrected chi connectivity index (χ2v) is 6.15. The maximum Gasteiger partial charge on any atom is 0.283 e. The van der Waals surface area contributed by atoms with Crippen LogP contribution in [0.5, 0.6) is 0 Å². The largest absolute Gasteiger partial charge is 0.318 e. The quantitative estimate of drug-likeness (QED) is 0.449. The van der Waals surface area contributed by atoms with Gasteiger partial charge in [-0.1, -0.05) is 5.92 Å². The summed E-state index contributed by atoms with van der Waals surface area (Å²) >= 11 is 4.91. The fourth-order valence-corrected chi connectivity index (χ4v) is 2.71. The predicted molar refractivity (Wildman–Crippen MR) is 80.0 cm³/mol. The third-order valence-corrected chi connectivity index (χ3v) is 3.59. The number of rotatable bonds is 2. The van der Waals surface area contributed by atoms with E-state index in [9.17, 15) is 13.2 Å². The normalized spacial score (nSPS) is 16.8. The minimum absolute atomic E-state index is 0.0997. The summed E-state index contributed by atoms with van der Waals surface area (Å²) in [4.78, 5) is 14.0. The third-order valence-electron chi connectivity index (χ3n) is 2.51. The molecular weight excluding hydrogens is 300 g/mol. The Hall–Kier alpha value is -1.61. The molecule has 20 heavy (non-hydrogen) atoms. The average molecular weight is 316 g/mol.